The zero-order valence-corrected chi connectivity index (χ0v) is 12.8. The molecular formula is C13H16FIN4. The number of benzene rings is 1. The van der Waals surface area contributed by atoms with Crippen molar-refractivity contribution in [2.24, 2.45) is 5.84 Å². The molecular weight excluding hydrogens is 358 g/mol. The Labute approximate surface area is 125 Å². The van der Waals surface area contributed by atoms with Crippen LogP contribution in [0, 0.1) is 9.39 Å². The molecule has 0 spiro atoms. The van der Waals surface area contributed by atoms with Gasteiger partial charge in [0.05, 0.1) is 12.2 Å². The summed E-state index contributed by atoms with van der Waals surface area (Å²) in [5.74, 6) is 5.39. The Morgan fingerprint density at radius 3 is 2.89 bits per heavy atom. The van der Waals surface area contributed by atoms with Crippen molar-refractivity contribution >= 4 is 22.6 Å². The minimum atomic E-state index is -0.234. The lowest BCUT2D eigenvalue weighted by Gasteiger charge is -2.17. The van der Waals surface area contributed by atoms with E-state index in [-0.39, 0.29) is 11.9 Å². The summed E-state index contributed by atoms with van der Waals surface area (Å²) in [4.78, 5) is 0. The van der Waals surface area contributed by atoms with E-state index in [1.54, 1.807) is 6.07 Å². The van der Waals surface area contributed by atoms with Gasteiger partial charge in [0.25, 0.3) is 0 Å². The van der Waals surface area contributed by atoms with E-state index in [0.29, 0.717) is 0 Å². The van der Waals surface area contributed by atoms with Crippen molar-refractivity contribution in [3.8, 4) is 0 Å². The predicted octanol–water partition coefficient (Wildman–Crippen LogP) is 2.39. The van der Waals surface area contributed by atoms with Gasteiger partial charge in [-0.3, -0.25) is 16.0 Å². The van der Waals surface area contributed by atoms with Crippen molar-refractivity contribution in [1.29, 1.82) is 0 Å². The number of rotatable bonds is 5. The molecule has 0 fully saturated rings. The summed E-state index contributed by atoms with van der Waals surface area (Å²) in [6.45, 7) is 2.88. The minimum absolute atomic E-state index is 0.0537. The molecule has 102 valence electrons. The molecule has 1 unspecified atom stereocenters. The van der Waals surface area contributed by atoms with E-state index < -0.39 is 0 Å². The third-order valence-corrected chi connectivity index (χ3v) is 3.92. The monoisotopic (exact) mass is 374 g/mol. The van der Waals surface area contributed by atoms with Gasteiger partial charge in [-0.25, -0.2) is 4.39 Å². The third-order valence-electron chi connectivity index (χ3n) is 2.99. The number of aryl methyl sites for hydroxylation is 1. The van der Waals surface area contributed by atoms with Gasteiger partial charge in [-0.15, -0.1) is 0 Å². The highest BCUT2D eigenvalue weighted by Crippen LogP contribution is 2.23. The number of hydrazine groups is 1. The smallest absolute Gasteiger partial charge is 0.124 e. The molecule has 1 atom stereocenters. The van der Waals surface area contributed by atoms with Gasteiger partial charge in [-0.2, -0.15) is 5.10 Å². The van der Waals surface area contributed by atoms with E-state index in [2.05, 4.69) is 33.1 Å². The number of nitrogens with zero attached hydrogens (tertiary/aromatic N) is 2. The normalized spacial score (nSPS) is 12.6. The molecule has 0 amide bonds. The molecule has 0 bridgehead atoms. The first-order chi connectivity index (χ1) is 9.13. The van der Waals surface area contributed by atoms with Crippen molar-refractivity contribution in [2.45, 2.75) is 25.9 Å². The lowest BCUT2D eigenvalue weighted by molar-refractivity contribution is 0.546. The first-order valence-corrected chi connectivity index (χ1v) is 7.14. The Bertz CT molecular complexity index is 555. The van der Waals surface area contributed by atoms with Crippen LogP contribution in [0.2, 0.25) is 0 Å². The number of aromatic nitrogens is 2. The van der Waals surface area contributed by atoms with E-state index in [9.17, 15) is 4.39 Å². The maximum Gasteiger partial charge on any atom is 0.124 e. The number of halogens is 2. The Morgan fingerprint density at radius 1 is 1.53 bits per heavy atom. The highest BCUT2D eigenvalue weighted by atomic mass is 127. The number of nitrogens with two attached hydrogens (primary N) is 1. The van der Waals surface area contributed by atoms with Gasteiger partial charge in [-0.1, -0.05) is 6.07 Å². The molecule has 3 N–H and O–H groups in total. The highest BCUT2D eigenvalue weighted by molar-refractivity contribution is 14.1. The van der Waals surface area contributed by atoms with Crippen LogP contribution in [0.5, 0.6) is 0 Å². The molecule has 0 saturated carbocycles. The molecule has 0 aliphatic rings. The van der Waals surface area contributed by atoms with Crippen molar-refractivity contribution in [3.05, 3.63) is 51.1 Å². The third kappa shape index (κ3) is 3.52. The second-order valence-corrected chi connectivity index (χ2v) is 5.46. The fourth-order valence-electron chi connectivity index (χ4n) is 1.96. The van der Waals surface area contributed by atoms with Crippen molar-refractivity contribution in [2.75, 3.05) is 0 Å². The quantitative estimate of drug-likeness (QED) is 0.480. The second-order valence-electron chi connectivity index (χ2n) is 4.29. The fourth-order valence-corrected chi connectivity index (χ4v) is 2.82. The van der Waals surface area contributed by atoms with Gasteiger partial charge in [0.1, 0.15) is 5.82 Å². The van der Waals surface area contributed by atoms with Crippen LogP contribution >= 0.6 is 22.6 Å². The summed E-state index contributed by atoms with van der Waals surface area (Å²) in [5, 5.41) is 4.24. The summed E-state index contributed by atoms with van der Waals surface area (Å²) >= 11 is 2.12. The van der Waals surface area contributed by atoms with Crippen LogP contribution in [0.3, 0.4) is 0 Å². The van der Waals surface area contributed by atoms with E-state index in [0.717, 1.165) is 27.7 Å². The van der Waals surface area contributed by atoms with E-state index in [1.807, 2.05) is 24.0 Å². The van der Waals surface area contributed by atoms with Crippen LogP contribution in [-0.2, 0) is 13.0 Å². The minimum Gasteiger partial charge on any atom is -0.273 e. The predicted molar refractivity (Wildman–Crippen MR) is 80.8 cm³/mol. The Balaban J connectivity index is 2.19. The largest absolute Gasteiger partial charge is 0.273 e. The van der Waals surface area contributed by atoms with Crippen LogP contribution in [-0.4, -0.2) is 9.78 Å². The SMILES string of the molecule is CCn1cc(CC(NN)c2ccc(F)cc2I)cn1. The summed E-state index contributed by atoms with van der Waals surface area (Å²) in [7, 11) is 0. The molecule has 2 rings (SSSR count). The number of hydrogen-bond donors (Lipinski definition) is 2. The average molecular weight is 374 g/mol. The zero-order chi connectivity index (χ0) is 13.8. The Morgan fingerprint density at radius 2 is 2.32 bits per heavy atom. The highest BCUT2D eigenvalue weighted by Gasteiger charge is 2.15. The lowest BCUT2D eigenvalue weighted by Crippen LogP contribution is -2.30. The fraction of sp³-hybridized carbons (Fsp3) is 0.308. The van der Waals surface area contributed by atoms with Crippen LogP contribution < -0.4 is 11.3 Å². The van der Waals surface area contributed by atoms with Crippen LogP contribution in [0.4, 0.5) is 4.39 Å². The van der Waals surface area contributed by atoms with Gasteiger partial charge in [-0.05, 0) is 59.2 Å². The first kappa shape index (κ1) is 14.4. The molecule has 2 aromatic rings. The van der Waals surface area contributed by atoms with Crippen molar-refractivity contribution < 1.29 is 4.39 Å². The standard InChI is InChI=1S/C13H16FIN4/c1-2-19-8-9(7-17-19)5-13(18-16)11-4-3-10(14)6-12(11)15/h3-4,6-8,13,18H,2,5,16H2,1H3. The van der Waals surface area contributed by atoms with Gasteiger partial charge < -0.3 is 0 Å². The molecule has 0 aliphatic carbocycles. The zero-order valence-electron chi connectivity index (χ0n) is 10.6. The number of hydrogen-bond acceptors (Lipinski definition) is 3. The molecule has 0 radical (unpaired) electrons. The Hall–Kier alpha value is -0.990. The van der Waals surface area contributed by atoms with Crippen molar-refractivity contribution in [1.82, 2.24) is 15.2 Å². The molecule has 4 nitrogen and oxygen atoms in total. The Kier molecular flexibility index (Phi) is 4.89. The first-order valence-electron chi connectivity index (χ1n) is 6.06. The molecule has 19 heavy (non-hydrogen) atoms. The lowest BCUT2D eigenvalue weighted by atomic mass is 10.0. The average Bonchev–Trinajstić information content (AvgIpc) is 2.84. The van der Waals surface area contributed by atoms with Crippen molar-refractivity contribution in [3.63, 3.8) is 0 Å². The van der Waals surface area contributed by atoms with Gasteiger partial charge in [0.2, 0.25) is 0 Å². The molecule has 1 aromatic carbocycles. The van der Waals surface area contributed by atoms with E-state index in [1.165, 1.54) is 12.1 Å². The number of nitrogens with one attached hydrogen (secondary N) is 1. The van der Waals surface area contributed by atoms with Crippen LogP contribution in [0.25, 0.3) is 0 Å². The molecule has 0 aliphatic heterocycles. The molecule has 0 saturated heterocycles. The van der Waals surface area contributed by atoms with E-state index in [4.69, 9.17) is 5.84 Å². The topological polar surface area (TPSA) is 55.9 Å². The molecule has 1 heterocycles. The summed E-state index contributed by atoms with van der Waals surface area (Å²) in [6, 6.07) is 4.68. The maximum absolute atomic E-state index is 13.1. The van der Waals surface area contributed by atoms with Gasteiger partial charge in [0.15, 0.2) is 0 Å². The van der Waals surface area contributed by atoms with Gasteiger partial charge in [0, 0.05) is 16.3 Å². The molecule has 6 heteroatoms. The summed E-state index contributed by atoms with van der Waals surface area (Å²) < 4.78 is 15.9. The maximum atomic E-state index is 13.1. The van der Waals surface area contributed by atoms with Crippen LogP contribution in [0.15, 0.2) is 30.6 Å². The summed E-state index contributed by atoms with van der Waals surface area (Å²) in [5.41, 5.74) is 4.89. The summed E-state index contributed by atoms with van der Waals surface area (Å²) in [6.07, 6.45) is 4.56. The van der Waals surface area contributed by atoms with Gasteiger partial charge >= 0.3 is 0 Å². The van der Waals surface area contributed by atoms with Crippen LogP contribution in [0.1, 0.15) is 24.1 Å². The second kappa shape index (κ2) is 6.44. The molecule has 1 aromatic heterocycles. The van der Waals surface area contributed by atoms with E-state index >= 15 is 0 Å².